The number of aromatic nitrogens is 1. The number of likely N-dealkylation sites (N-methyl/N-ethyl adjacent to an activating group) is 1. The van der Waals surface area contributed by atoms with Gasteiger partial charge in [-0.1, -0.05) is 45.0 Å². The first-order valence-electron chi connectivity index (χ1n) is 17.6. The van der Waals surface area contributed by atoms with Crippen LogP contribution in [0.4, 0.5) is 0 Å². The highest BCUT2D eigenvalue weighted by atomic mass is 32.1. The highest BCUT2D eigenvalue weighted by molar-refractivity contribution is 7.13. The van der Waals surface area contributed by atoms with Crippen LogP contribution >= 0.6 is 11.3 Å². The van der Waals surface area contributed by atoms with Crippen molar-refractivity contribution in [3.8, 4) is 10.4 Å². The second-order valence-electron chi connectivity index (χ2n) is 14.9. The minimum absolute atomic E-state index is 0.172. The van der Waals surface area contributed by atoms with Gasteiger partial charge in [0, 0.05) is 58.9 Å². The molecule has 4 heterocycles. The average molecular weight is 695 g/mol. The molecule has 3 fully saturated rings. The number of likely N-dealkylation sites (tertiary alicyclic amines) is 1. The van der Waals surface area contributed by atoms with Gasteiger partial charge in [0.25, 0.3) is 0 Å². The van der Waals surface area contributed by atoms with Gasteiger partial charge in [0.15, 0.2) is 0 Å². The molecule has 2 aromatic rings. The van der Waals surface area contributed by atoms with E-state index in [9.17, 15) is 19.2 Å². The van der Waals surface area contributed by atoms with Crippen LogP contribution in [0.25, 0.3) is 10.4 Å². The van der Waals surface area contributed by atoms with Crippen molar-refractivity contribution in [3.63, 3.8) is 0 Å². The van der Waals surface area contributed by atoms with Crippen molar-refractivity contribution in [2.45, 2.75) is 65.6 Å². The molecular formula is C36H54N8O4S. The van der Waals surface area contributed by atoms with Crippen molar-refractivity contribution in [2.75, 3.05) is 79.0 Å². The first kappa shape index (κ1) is 36.9. The molecule has 49 heavy (non-hydrogen) atoms. The molecule has 3 aliphatic rings. The topological polar surface area (TPSA) is 121 Å². The van der Waals surface area contributed by atoms with Crippen molar-refractivity contribution in [2.24, 2.45) is 5.41 Å². The highest BCUT2D eigenvalue weighted by Gasteiger charge is 2.42. The maximum atomic E-state index is 14.0. The van der Waals surface area contributed by atoms with E-state index in [1.807, 2.05) is 57.2 Å². The normalized spacial score (nSPS) is 21.0. The largest absolute Gasteiger partial charge is 0.348 e. The smallest absolute Gasteiger partial charge is 0.246 e. The molecule has 0 bridgehead atoms. The lowest BCUT2D eigenvalue weighted by atomic mass is 9.85. The van der Waals surface area contributed by atoms with Crippen LogP contribution in [0.5, 0.6) is 0 Å². The van der Waals surface area contributed by atoms with Crippen molar-refractivity contribution in [1.82, 2.24) is 40.1 Å². The number of nitrogens with zero attached hydrogens (tertiary/aromatic N) is 6. The number of aryl methyl sites for hydroxylation is 1. The van der Waals surface area contributed by atoms with Crippen molar-refractivity contribution < 1.29 is 19.2 Å². The second kappa shape index (κ2) is 16.1. The Kier molecular flexibility index (Phi) is 12.1. The first-order valence-corrected chi connectivity index (χ1v) is 18.5. The molecule has 0 saturated carbocycles. The average Bonchev–Trinajstić information content (AvgIpc) is 3.74. The van der Waals surface area contributed by atoms with E-state index < -0.39 is 17.5 Å². The molecule has 268 valence electrons. The summed E-state index contributed by atoms with van der Waals surface area (Å²) in [6.45, 7) is 17.0. The van der Waals surface area contributed by atoms with Crippen LogP contribution in [0, 0.1) is 12.3 Å². The van der Waals surface area contributed by atoms with Crippen LogP contribution in [0.1, 0.15) is 57.8 Å². The van der Waals surface area contributed by atoms with Crippen LogP contribution in [0.15, 0.2) is 29.8 Å². The predicted molar refractivity (Wildman–Crippen MR) is 192 cm³/mol. The van der Waals surface area contributed by atoms with Gasteiger partial charge >= 0.3 is 0 Å². The monoisotopic (exact) mass is 694 g/mol. The first-order chi connectivity index (χ1) is 23.3. The van der Waals surface area contributed by atoms with E-state index in [0.29, 0.717) is 45.7 Å². The number of hydrogen-bond donors (Lipinski definition) is 2. The SMILES string of the molecule is Cc1ncsc1-c1ccc(C(C)NC(=O)[C@@H]2CCCN2C(=O)[C@@H](NC(=O)CN2CCN(CC(=O)N3CCN(C)CC3)CC2)C(C)(C)C)cc1. The Hall–Kier alpha value is -3.39. The third-order valence-electron chi connectivity index (χ3n) is 10.1. The molecule has 3 saturated heterocycles. The molecule has 0 aliphatic carbocycles. The summed E-state index contributed by atoms with van der Waals surface area (Å²) >= 11 is 1.61. The fraction of sp³-hybridized carbons (Fsp3) is 0.639. The van der Waals surface area contributed by atoms with Crippen LogP contribution in [-0.4, -0.2) is 144 Å². The third-order valence-corrected chi connectivity index (χ3v) is 11.1. The third kappa shape index (κ3) is 9.44. The van der Waals surface area contributed by atoms with E-state index in [0.717, 1.165) is 54.3 Å². The summed E-state index contributed by atoms with van der Waals surface area (Å²) in [5.41, 5.74) is 4.37. The van der Waals surface area contributed by atoms with Gasteiger partial charge in [0.05, 0.1) is 35.2 Å². The molecule has 3 atom stereocenters. The highest BCUT2D eigenvalue weighted by Crippen LogP contribution is 2.29. The summed E-state index contributed by atoms with van der Waals surface area (Å²) in [6.07, 6.45) is 1.31. The maximum Gasteiger partial charge on any atom is 0.246 e. The Morgan fingerprint density at radius 1 is 0.898 bits per heavy atom. The van der Waals surface area contributed by atoms with Crippen LogP contribution < -0.4 is 10.6 Å². The number of thiazole rings is 1. The number of benzene rings is 1. The van der Waals surface area contributed by atoms with E-state index >= 15 is 0 Å². The van der Waals surface area contributed by atoms with E-state index in [-0.39, 0.29) is 36.2 Å². The van der Waals surface area contributed by atoms with Gasteiger partial charge in [-0.15, -0.1) is 11.3 Å². The number of carbonyl (C=O) groups excluding carboxylic acids is 4. The number of piperazine rings is 2. The van der Waals surface area contributed by atoms with Crippen molar-refractivity contribution >= 4 is 35.0 Å². The van der Waals surface area contributed by atoms with Gasteiger partial charge in [-0.2, -0.15) is 0 Å². The molecule has 4 amide bonds. The van der Waals surface area contributed by atoms with Crippen LogP contribution in [0.2, 0.25) is 0 Å². The summed E-state index contributed by atoms with van der Waals surface area (Å²) in [5.74, 6) is -0.432. The van der Waals surface area contributed by atoms with Gasteiger partial charge in [0.1, 0.15) is 12.1 Å². The van der Waals surface area contributed by atoms with Gasteiger partial charge < -0.3 is 25.3 Å². The molecule has 0 spiro atoms. The zero-order valence-corrected chi connectivity index (χ0v) is 30.9. The summed E-state index contributed by atoms with van der Waals surface area (Å²) in [6, 6.07) is 6.57. The number of hydrogen-bond acceptors (Lipinski definition) is 9. The van der Waals surface area contributed by atoms with Crippen LogP contribution in [-0.2, 0) is 19.2 Å². The Morgan fingerprint density at radius 2 is 1.53 bits per heavy atom. The van der Waals surface area contributed by atoms with E-state index in [2.05, 4.69) is 49.5 Å². The number of amides is 4. The van der Waals surface area contributed by atoms with E-state index in [1.54, 1.807) is 16.2 Å². The molecule has 5 rings (SSSR count). The molecule has 0 radical (unpaired) electrons. The molecule has 3 aliphatic heterocycles. The summed E-state index contributed by atoms with van der Waals surface area (Å²) in [7, 11) is 2.08. The van der Waals surface area contributed by atoms with E-state index in [4.69, 9.17) is 0 Å². The summed E-state index contributed by atoms with van der Waals surface area (Å²) in [5, 5.41) is 6.16. The maximum absolute atomic E-state index is 14.0. The number of carbonyl (C=O) groups is 4. The molecule has 1 aromatic heterocycles. The fourth-order valence-corrected chi connectivity index (χ4v) is 7.69. The lowest BCUT2D eigenvalue weighted by molar-refractivity contribution is -0.144. The fourth-order valence-electron chi connectivity index (χ4n) is 6.87. The van der Waals surface area contributed by atoms with Crippen molar-refractivity contribution in [3.05, 3.63) is 41.0 Å². The number of rotatable bonds is 10. The second-order valence-corrected chi connectivity index (χ2v) is 15.8. The quantitative estimate of drug-likeness (QED) is 0.389. The summed E-state index contributed by atoms with van der Waals surface area (Å²) < 4.78 is 0. The summed E-state index contributed by atoms with van der Waals surface area (Å²) in [4.78, 5) is 69.3. The molecule has 1 unspecified atom stereocenters. The molecule has 13 heteroatoms. The van der Waals surface area contributed by atoms with Gasteiger partial charge in [-0.25, -0.2) is 4.98 Å². The molecule has 12 nitrogen and oxygen atoms in total. The Balaban J connectivity index is 1.12. The van der Waals surface area contributed by atoms with Gasteiger partial charge in [0.2, 0.25) is 23.6 Å². The van der Waals surface area contributed by atoms with Crippen LogP contribution in [0.3, 0.4) is 0 Å². The lowest BCUT2D eigenvalue weighted by Gasteiger charge is -2.38. The predicted octanol–water partition coefficient (Wildman–Crippen LogP) is 2.21. The Labute approximate surface area is 295 Å². The van der Waals surface area contributed by atoms with Gasteiger partial charge in [-0.3, -0.25) is 29.0 Å². The molecule has 2 N–H and O–H groups in total. The standard InChI is InChI=1S/C36H54N8O4S/c1-25(27-9-11-28(12-10-27)32-26(2)37-24-49-32)38-34(47)29-8-7-13-44(29)35(48)33(36(3,4)5)39-30(45)22-41-16-18-42(19-17-41)23-31(46)43-20-14-40(6)15-21-43/h9-12,24-25,29,33H,7-8,13-23H2,1-6H3,(H,38,47)(H,39,45)/t25?,29-,33+/m0/s1. The van der Waals surface area contributed by atoms with E-state index in [1.165, 1.54) is 0 Å². The minimum atomic E-state index is -0.768. The zero-order valence-electron chi connectivity index (χ0n) is 30.0. The van der Waals surface area contributed by atoms with Gasteiger partial charge in [-0.05, 0) is 50.3 Å². The Bertz CT molecular complexity index is 1460. The van der Waals surface area contributed by atoms with Crippen molar-refractivity contribution in [1.29, 1.82) is 0 Å². The molecular weight excluding hydrogens is 641 g/mol. The zero-order chi connectivity index (χ0) is 35.3. The number of nitrogens with one attached hydrogen (secondary N) is 2. The molecule has 1 aromatic carbocycles. The lowest BCUT2D eigenvalue weighted by Crippen LogP contribution is -2.59. The Morgan fingerprint density at radius 3 is 2.12 bits per heavy atom. The minimum Gasteiger partial charge on any atom is -0.348 e.